The Kier molecular flexibility index (Phi) is 5.27. The Morgan fingerprint density at radius 3 is 2.50 bits per heavy atom. The lowest BCUT2D eigenvalue weighted by atomic mass is 10.1. The summed E-state index contributed by atoms with van der Waals surface area (Å²) in [6, 6.07) is 14.3. The van der Waals surface area contributed by atoms with E-state index in [0.29, 0.717) is 30.2 Å². The van der Waals surface area contributed by atoms with E-state index in [1.807, 2.05) is 12.1 Å². The molecule has 1 saturated heterocycles. The summed E-state index contributed by atoms with van der Waals surface area (Å²) >= 11 is 3.37. The van der Waals surface area contributed by atoms with Gasteiger partial charge < -0.3 is 15.4 Å². The number of anilines is 2. The van der Waals surface area contributed by atoms with E-state index in [1.54, 1.807) is 36.4 Å². The molecule has 2 N–H and O–H groups in total. The molecular weight excluding hydrogens is 372 g/mol. The van der Waals surface area contributed by atoms with E-state index < -0.39 is 0 Å². The highest BCUT2D eigenvalue weighted by Crippen LogP contribution is 2.21. The van der Waals surface area contributed by atoms with E-state index in [2.05, 4.69) is 26.6 Å². The Morgan fingerprint density at radius 2 is 1.79 bits per heavy atom. The topological polar surface area (TPSA) is 67.4 Å². The fraction of sp³-hybridized carbons (Fsp3) is 0.222. The van der Waals surface area contributed by atoms with Gasteiger partial charge in [0.25, 0.3) is 5.91 Å². The number of amides is 2. The number of hydrogen-bond acceptors (Lipinski definition) is 3. The third-order valence-corrected chi connectivity index (χ3v) is 4.50. The van der Waals surface area contributed by atoms with Crippen LogP contribution in [0.1, 0.15) is 16.8 Å². The molecule has 0 aromatic heterocycles. The molecular formula is C18H17BrN2O3. The molecule has 2 aromatic carbocycles. The second-order valence-electron chi connectivity index (χ2n) is 5.56. The lowest BCUT2D eigenvalue weighted by molar-refractivity contribution is -0.119. The SMILES string of the molecule is O=C(Nc1cccc(NC(=O)C2CCOC2)c1)c1ccccc1Br. The van der Waals surface area contributed by atoms with Gasteiger partial charge in [0, 0.05) is 22.5 Å². The highest BCUT2D eigenvalue weighted by atomic mass is 79.9. The fourth-order valence-corrected chi connectivity index (χ4v) is 2.97. The minimum absolute atomic E-state index is 0.0539. The van der Waals surface area contributed by atoms with Crippen LogP contribution in [0.3, 0.4) is 0 Å². The number of halogens is 1. The second-order valence-corrected chi connectivity index (χ2v) is 6.42. The molecule has 1 aliphatic rings. The van der Waals surface area contributed by atoms with Crippen molar-refractivity contribution in [3.8, 4) is 0 Å². The van der Waals surface area contributed by atoms with Crippen LogP contribution in [0.5, 0.6) is 0 Å². The highest BCUT2D eigenvalue weighted by Gasteiger charge is 2.23. The summed E-state index contributed by atoms with van der Waals surface area (Å²) in [4.78, 5) is 24.5. The largest absolute Gasteiger partial charge is 0.381 e. The van der Waals surface area contributed by atoms with Crippen molar-refractivity contribution in [3.63, 3.8) is 0 Å². The predicted octanol–water partition coefficient (Wildman–Crippen LogP) is 3.68. The van der Waals surface area contributed by atoms with Crippen LogP contribution in [0.15, 0.2) is 53.0 Å². The average molecular weight is 389 g/mol. The standard InChI is InChI=1S/C18H17BrN2O3/c19-16-7-2-1-6-15(16)18(23)21-14-5-3-4-13(10-14)20-17(22)12-8-9-24-11-12/h1-7,10,12H,8-9,11H2,(H,20,22)(H,21,23). The molecule has 0 spiro atoms. The maximum absolute atomic E-state index is 12.3. The van der Waals surface area contributed by atoms with Gasteiger partial charge in [-0.25, -0.2) is 0 Å². The van der Waals surface area contributed by atoms with Gasteiger partial charge in [-0.2, -0.15) is 0 Å². The number of nitrogens with one attached hydrogen (secondary N) is 2. The first kappa shape index (κ1) is 16.7. The number of rotatable bonds is 4. The number of carbonyl (C=O) groups excluding carboxylic acids is 2. The number of ether oxygens (including phenoxy) is 1. The molecule has 124 valence electrons. The normalized spacial score (nSPS) is 16.6. The third-order valence-electron chi connectivity index (χ3n) is 3.81. The molecule has 24 heavy (non-hydrogen) atoms. The summed E-state index contributed by atoms with van der Waals surface area (Å²) in [6.45, 7) is 1.09. The average Bonchev–Trinajstić information content (AvgIpc) is 3.10. The lowest BCUT2D eigenvalue weighted by Crippen LogP contribution is -2.22. The molecule has 0 aliphatic carbocycles. The molecule has 3 rings (SSSR count). The maximum atomic E-state index is 12.3. The Balaban J connectivity index is 1.68. The zero-order valence-corrected chi connectivity index (χ0v) is 14.5. The van der Waals surface area contributed by atoms with Crippen LogP contribution >= 0.6 is 15.9 Å². The molecule has 0 radical (unpaired) electrons. The van der Waals surface area contributed by atoms with Gasteiger partial charge in [0.1, 0.15) is 0 Å². The van der Waals surface area contributed by atoms with E-state index in [9.17, 15) is 9.59 Å². The molecule has 6 heteroatoms. The quantitative estimate of drug-likeness (QED) is 0.839. The molecule has 0 saturated carbocycles. The van der Waals surface area contributed by atoms with Crippen LogP contribution in [-0.4, -0.2) is 25.0 Å². The monoisotopic (exact) mass is 388 g/mol. The summed E-state index contributed by atoms with van der Waals surface area (Å²) in [7, 11) is 0. The Bertz CT molecular complexity index is 757. The Morgan fingerprint density at radius 1 is 1.04 bits per heavy atom. The van der Waals surface area contributed by atoms with Gasteiger partial charge in [0.2, 0.25) is 5.91 Å². The summed E-state index contributed by atoms with van der Waals surface area (Å²) in [5.74, 6) is -0.375. The van der Waals surface area contributed by atoms with Crippen molar-refractivity contribution in [2.75, 3.05) is 23.8 Å². The Hall–Kier alpha value is -2.18. The molecule has 1 unspecified atom stereocenters. The van der Waals surface area contributed by atoms with E-state index in [1.165, 1.54) is 0 Å². The minimum Gasteiger partial charge on any atom is -0.381 e. The predicted molar refractivity (Wildman–Crippen MR) is 96.1 cm³/mol. The zero-order chi connectivity index (χ0) is 16.9. The number of carbonyl (C=O) groups is 2. The van der Waals surface area contributed by atoms with Crippen molar-refractivity contribution in [1.29, 1.82) is 0 Å². The highest BCUT2D eigenvalue weighted by molar-refractivity contribution is 9.10. The minimum atomic E-state index is -0.213. The van der Waals surface area contributed by atoms with Crippen LogP contribution in [0.2, 0.25) is 0 Å². The van der Waals surface area contributed by atoms with Gasteiger partial charge in [-0.05, 0) is 52.7 Å². The van der Waals surface area contributed by atoms with Gasteiger partial charge in [0.05, 0.1) is 18.1 Å². The third kappa shape index (κ3) is 4.01. The molecule has 2 amide bonds. The number of benzene rings is 2. The van der Waals surface area contributed by atoms with E-state index in [4.69, 9.17) is 4.74 Å². The van der Waals surface area contributed by atoms with Crippen LogP contribution < -0.4 is 10.6 Å². The molecule has 1 fully saturated rings. The smallest absolute Gasteiger partial charge is 0.256 e. The summed E-state index contributed by atoms with van der Waals surface area (Å²) < 4.78 is 5.96. The van der Waals surface area contributed by atoms with Crippen LogP contribution in [0.4, 0.5) is 11.4 Å². The van der Waals surface area contributed by atoms with E-state index in [-0.39, 0.29) is 17.7 Å². The van der Waals surface area contributed by atoms with Gasteiger partial charge in [-0.15, -0.1) is 0 Å². The molecule has 1 aliphatic heterocycles. The first-order valence-electron chi connectivity index (χ1n) is 7.68. The maximum Gasteiger partial charge on any atom is 0.256 e. The van der Waals surface area contributed by atoms with Gasteiger partial charge in [-0.1, -0.05) is 18.2 Å². The summed E-state index contributed by atoms with van der Waals surface area (Å²) in [6.07, 6.45) is 0.740. The molecule has 1 heterocycles. The molecule has 1 atom stereocenters. The van der Waals surface area contributed by atoms with Gasteiger partial charge in [-0.3, -0.25) is 9.59 Å². The van der Waals surface area contributed by atoms with Crippen molar-refractivity contribution < 1.29 is 14.3 Å². The summed E-state index contributed by atoms with van der Waals surface area (Å²) in [5.41, 5.74) is 1.82. The zero-order valence-electron chi connectivity index (χ0n) is 12.9. The van der Waals surface area contributed by atoms with Gasteiger partial charge in [0.15, 0.2) is 0 Å². The number of hydrogen-bond donors (Lipinski definition) is 2. The molecule has 5 nitrogen and oxygen atoms in total. The van der Waals surface area contributed by atoms with Crippen LogP contribution in [-0.2, 0) is 9.53 Å². The Labute approximate surface area is 148 Å². The van der Waals surface area contributed by atoms with Crippen LogP contribution in [0.25, 0.3) is 0 Å². The fourth-order valence-electron chi connectivity index (χ4n) is 2.50. The van der Waals surface area contributed by atoms with E-state index in [0.717, 1.165) is 10.9 Å². The lowest BCUT2D eigenvalue weighted by Gasteiger charge is -2.11. The molecule has 0 bridgehead atoms. The first-order valence-corrected chi connectivity index (χ1v) is 8.47. The second kappa shape index (κ2) is 7.59. The van der Waals surface area contributed by atoms with Crippen LogP contribution in [0, 0.1) is 5.92 Å². The summed E-state index contributed by atoms with van der Waals surface area (Å²) in [5, 5.41) is 5.71. The van der Waals surface area contributed by atoms with Crippen molar-refractivity contribution in [2.24, 2.45) is 5.92 Å². The first-order chi connectivity index (χ1) is 11.6. The molecule has 2 aromatic rings. The van der Waals surface area contributed by atoms with Crippen molar-refractivity contribution >= 4 is 39.1 Å². The van der Waals surface area contributed by atoms with Crippen molar-refractivity contribution in [3.05, 3.63) is 58.6 Å². The van der Waals surface area contributed by atoms with Gasteiger partial charge >= 0.3 is 0 Å². The van der Waals surface area contributed by atoms with Crippen molar-refractivity contribution in [2.45, 2.75) is 6.42 Å². The van der Waals surface area contributed by atoms with Crippen molar-refractivity contribution in [1.82, 2.24) is 0 Å². The van der Waals surface area contributed by atoms with E-state index >= 15 is 0 Å².